The van der Waals surface area contributed by atoms with Crippen LogP contribution >= 0.6 is 0 Å². The van der Waals surface area contributed by atoms with E-state index in [4.69, 9.17) is 5.11 Å². The number of aliphatic hydroxyl groups is 1. The largest absolute Gasteiger partial charge is 1.41 e. The molecule has 0 aliphatic rings. The average Bonchev–Trinajstić information content (AvgIpc) is 1.69. The molecule has 0 aromatic heterocycles. The molecule has 0 aliphatic heterocycles. The normalized spacial score (nSPS) is 8.25. The Hall–Kier alpha value is 0.726. The van der Waals surface area contributed by atoms with Crippen molar-refractivity contribution in [2.24, 2.45) is 5.92 Å². The third-order valence-corrected chi connectivity index (χ3v) is 0.365. The van der Waals surface area contributed by atoms with Gasteiger partial charge < -0.3 is 5.11 Å². The molecule has 0 heterocycles. The van der Waals surface area contributed by atoms with E-state index in [0.717, 1.165) is 0 Å². The lowest BCUT2D eigenvalue weighted by Crippen LogP contribution is -1.90. The van der Waals surface area contributed by atoms with Crippen LogP contribution in [-0.2, 0) is 0 Å². The molecule has 0 rings (SSSR count). The molecule has 1 nitrogen and oxygen atoms in total. The monoisotopic (exact) mass is 127 g/mol. The van der Waals surface area contributed by atoms with Crippen molar-refractivity contribution in [3.05, 3.63) is 0 Å². The van der Waals surface area contributed by atoms with E-state index in [1.165, 1.54) is 4.55 Å². The lowest BCUT2D eigenvalue weighted by atomic mass is 10.2. The molecule has 0 aromatic carbocycles. The molecule has 1 N–H and O–H groups in total. The lowest BCUT2D eigenvalue weighted by Gasteiger charge is -1.90. The van der Waals surface area contributed by atoms with Gasteiger partial charge in [-0.1, -0.05) is 13.8 Å². The van der Waals surface area contributed by atoms with Crippen molar-refractivity contribution in [2.75, 3.05) is 6.61 Å². The molecule has 0 aromatic rings. The molecule has 0 bridgehead atoms. The van der Waals surface area contributed by atoms with Crippen molar-refractivity contribution in [2.45, 2.75) is 25.3 Å². The van der Waals surface area contributed by atoms with Crippen molar-refractivity contribution in [1.29, 1.82) is 0 Å². The SMILES string of the molecule is CC(C)CO.C[CH2][Mg+2]. The smallest absolute Gasteiger partial charge is 0.396 e. The maximum Gasteiger partial charge on any atom is 1.41 e. The topological polar surface area (TPSA) is 20.2 Å². The van der Waals surface area contributed by atoms with Crippen LogP contribution in [0.1, 0.15) is 20.8 Å². The van der Waals surface area contributed by atoms with Gasteiger partial charge in [-0.25, -0.2) is 0 Å². The molecule has 0 atom stereocenters. The third-order valence-electron chi connectivity index (χ3n) is 0.365. The van der Waals surface area contributed by atoms with E-state index in [1.807, 2.05) is 35.6 Å². The maximum atomic E-state index is 8.14. The first-order valence-electron chi connectivity index (χ1n) is 3.09. The van der Waals surface area contributed by atoms with Crippen LogP contribution in [0.5, 0.6) is 0 Å². The standard InChI is InChI=1S/C4H10O.C2H5.Mg/c1-4(2)3-5;1-2;/h4-5H,3H2,1-2H3;1H2,2H3;/q;;+2. The molecule has 0 saturated carbocycles. The van der Waals surface area contributed by atoms with Gasteiger partial charge in [0.25, 0.3) is 4.55 Å². The summed E-state index contributed by atoms with van der Waals surface area (Å²) in [5, 5.41) is 8.14. The minimum atomic E-state index is 0.306. The van der Waals surface area contributed by atoms with E-state index in [1.54, 1.807) is 0 Å². The molecule has 2 heteroatoms. The van der Waals surface area contributed by atoms with Crippen LogP contribution in [0.2, 0.25) is 4.55 Å². The third kappa shape index (κ3) is 29.7. The fourth-order valence-electron chi connectivity index (χ4n) is 0. The second-order valence-corrected chi connectivity index (χ2v) is 3.08. The molecule has 0 saturated heterocycles. The highest BCUT2D eigenvalue weighted by Gasteiger charge is 2.13. The predicted molar refractivity (Wildman–Crippen MR) is 38.2 cm³/mol. The first kappa shape index (κ1) is 11.5. The van der Waals surface area contributed by atoms with Gasteiger partial charge in [0.1, 0.15) is 0 Å². The van der Waals surface area contributed by atoms with Gasteiger partial charge in [-0.3, -0.25) is 0 Å². The molecule has 8 heavy (non-hydrogen) atoms. The Morgan fingerprint density at radius 1 is 1.50 bits per heavy atom. The molecule has 0 spiro atoms. The molecule has 0 fully saturated rings. The highest BCUT2D eigenvalue weighted by atomic mass is 24.4. The Balaban J connectivity index is 0. The zero-order valence-electron chi connectivity index (χ0n) is 6.15. The van der Waals surface area contributed by atoms with Crippen LogP contribution in [0.15, 0.2) is 0 Å². The summed E-state index contributed by atoms with van der Waals surface area (Å²) in [5.41, 5.74) is 0. The van der Waals surface area contributed by atoms with Crippen LogP contribution in [0.3, 0.4) is 0 Å². The minimum absolute atomic E-state index is 0.306. The zero-order valence-corrected chi connectivity index (χ0v) is 7.56. The summed E-state index contributed by atoms with van der Waals surface area (Å²) in [6, 6.07) is 0. The summed E-state index contributed by atoms with van der Waals surface area (Å²) in [6.45, 7) is 6.39. The molecule has 0 aliphatic carbocycles. The van der Waals surface area contributed by atoms with Gasteiger partial charge in [-0.05, 0) is 5.92 Å². The van der Waals surface area contributed by atoms with Crippen LogP contribution in [0.25, 0.3) is 0 Å². The average molecular weight is 127 g/mol. The first-order valence-corrected chi connectivity index (χ1v) is 4.09. The summed E-state index contributed by atoms with van der Waals surface area (Å²) in [5.74, 6) is 0.440. The number of hydrogen-bond acceptors (Lipinski definition) is 1. The van der Waals surface area contributed by atoms with E-state index in [0.29, 0.717) is 12.5 Å². The molecule has 45 valence electrons. The first-order chi connectivity index (χ1) is 3.68. The van der Waals surface area contributed by atoms with Crippen molar-refractivity contribution in [1.82, 2.24) is 0 Å². The van der Waals surface area contributed by atoms with E-state index in [9.17, 15) is 0 Å². The van der Waals surface area contributed by atoms with E-state index in [-0.39, 0.29) is 0 Å². The molecular weight excluding hydrogens is 112 g/mol. The lowest BCUT2D eigenvalue weighted by molar-refractivity contribution is 0.248. The van der Waals surface area contributed by atoms with Gasteiger partial charge in [0.2, 0.25) is 0 Å². The van der Waals surface area contributed by atoms with E-state index < -0.39 is 0 Å². The summed E-state index contributed by atoms with van der Waals surface area (Å²) in [7, 11) is 0. The maximum absolute atomic E-state index is 8.14. The van der Waals surface area contributed by atoms with Crippen LogP contribution in [0, 0.1) is 5.92 Å². The highest BCUT2D eigenvalue weighted by molar-refractivity contribution is 6.08. The van der Waals surface area contributed by atoms with Crippen LogP contribution in [0.4, 0.5) is 0 Å². The Kier molecular flexibility index (Phi) is 15.3. The second-order valence-electron chi connectivity index (χ2n) is 2.08. The summed E-state index contributed by atoms with van der Waals surface area (Å²) in [6.07, 6.45) is 0. The van der Waals surface area contributed by atoms with E-state index in [2.05, 4.69) is 6.92 Å². The second kappa shape index (κ2) is 10.7. The fourth-order valence-corrected chi connectivity index (χ4v) is 0. The van der Waals surface area contributed by atoms with Gasteiger partial charge in [0, 0.05) is 13.5 Å². The van der Waals surface area contributed by atoms with Gasteiger partial charge in [-0.15, -0.1) is 0 Å². The number of aliphatic hydroxyl groups excluding tert-OH is 1. The van der Waals surface area contributed by atoms with Gasteiger partial charge in [0.15, 0.2) is 0 Å². The van der Waals surface area contributed by atoms with Crippen molar-refractivity contribution >= 4 is 21.7 Å². The zero-order chi connectivity index (χ0) is 6.99. The van der Waals surface area contributed by atoms with Crippen molar-refractivity contribution < 1.29 is 5.11 Å². The summed E-state index contributed by atoms with van der Waals surface area (Å²) in [4.78, 5) is 0. The Bertz CT molecular complexity index is 29.7. The molecular formula is C6H15MgO+2. The van der Waals surface area contributed by atoms with Crippen molar-refractivity contribution in [3.63, 3.8) is 0 Å². The summed E-state index contributed by atoms with van der Waals surface area (Å²) < 4.78 is 1.28. The highest BCUT2D eigenvalue weighted by Crippen LogP contribution is 1.83. The van der Waals surface area contributed by atoms with E-state index >= 15 is 0 Å². The Morgan fingerprint density at radius 3 is 1.62 bits per heavy atom. The Morgan fingerprint density at radius 2 is 1.62 bits per heavy atom. The van der Waals surface area contributed by atoms with Crippen LogP contribution in [-0.4, -0.2) is 33.4 Å². The Labute approximate surface area is 64.9 Å². The van der Waals surface area contributed by atoms with Gasteiger partial charge in [-0.2, -0.15) is 0 Å². The number of rotatable bonds is 1. The number of hydrogen-bond donors (Lipinski definition) is 1. The molecule has 0 unspecified atom stereocenters. The predicted octanol–water partition coefficient (Wildman–Crippen LogP) is 1.23. The van der Waals surface area contributed by atoms with Crippen molar-refractivity contribution in [3.8, 4) is 0 Å². The summed E-state index contributed by atoms with van der Waals surface area (Å²) >= 11 is 1.97. The van der Waals surface area contributed by atoms with Gasteiger partial charge >= 0.3 is 21.7 Å². The minimum Gasteiger partial charge on any atom is -0.396 e. The molecule has 0 amide bonds. The van der Waals surface area contributed by atoms with Crippen LogP contribution < -0.4 is 0 Å². The quantitative estimate of drug-likeness (QED) is 0.526. The molecule has 7 radical (unpaired) electrons. The fraction of sp³-hybridized carbons (Fsp3) is 1.00. The van der Waals surface area contributed by atoms with Gasteiger partial charge in [0.05, 0.1) is 0 Å².